The highest BCUT2D eigenvalue weighted by molar-refractivity contribution is 4.99. The molecule has 0 aliphatic heterocycles. The van der Waals surface area contributed by atoms with Gasteiger partial charge >= 0.3 is 0 Å². The molecule has 2 rings (SSSR count). The standard InChI is InChI=1S/C16H30N4O/c1-12(2)16-18-17-15(19(16)4)11-20(10-13(3)21)14-8-6-5-7-9-14/h12-14,21H,5-11H2,1-4H3. The van der Waals surface area contributed by atoms with Gasteiger partial charge in [0.2, 0.25) is 0 Å². The Morgan fingerprint density at radius 2 is 1.86 bits per heavy atom. The Kier molecular flexibility index (Phi) is 5.76. The normalized spacial score (nSPS) is 18.6. The molecule has 1 N–H and O–H groups in total. The lowest BCUT2D eigenvalue weighted by Gasteiger charge is -2.34. The van der Waals surface area contributed by atoms with Crippen LogP contribution in [0, 0.1) is 0 Å². The smallest absolute Gasteiger partial charge is 0.146 e. The maximum atomic E-state index is 9.81. The van der Waals surface area contributed by atoms with Gasteiger partial charge in [-0.3, -0.25) is 4.90 Å². The van der Waals surface area contributed by atoms with Crippen molar-refractivity contribution in [2.24, 2.45) is 7.05 Å². The number of nitrogens with zero attached hydrogens (tertiary/aromatic N) is 4. The van der Waals surface area contributed by atoms with E-state index < -0.39 is 0 Å². The molecule has 5 nitrogen and oxygen atoms in total. The Morgan fingerprint density at radius 3 is 2.38 bits per heavy atom. The van der Waals surface area contributed by atoms with Crippen molar-refractivity contribution < 1.29 is 5.11 Å². The zero-order valence-electron chi connectivity index (χ0n) is 13.9. The molecule has 21 heavy (non-hydrogen) atoms. The molecule has 0 radical (unpaired) electrons. The average Bonchev–Trinajstić information content (AvgIpc) is 2.80. The van der Waals surface area contributed by atoms with Crippen LogP contribution in [0.25, 0.3) is 0 Å². The zero-order chi connectivity index (χ0) is 15.4. The van der Waals surface area contributed by atoms with E-state index in [9.17, 15) is 5.11 Å². The van der Waals surface area contributed by atoms with Crippen LogP contribution in [0.3, 0.4) is 0 Å². The lowest BCUT2D eigenvalue weighted by molar-refractivity contribution is 0.0742. The van der Waals surface area contributed by atoms with Gasteiger partial charge in [-0.05, 0) is 19.8 Å². The highest BCUT2D eigenvalue weighted by atomic mass is 16.3. The van der Waals surface area contributed by atoms with Gasteiger partial charge in [0.15, 0.2) is 0 Å². The molecule has 0 amide bonds. The van der Waals surface area contributed by atoms with Crippen molar-refractivity contribution in [2.45, 2.75) is 77.5 Å². The van der Waals surface area contributed by atoms with Crippen molar-refractivity contribution in [3.8, 4) is 0 Å². The second-order valence-corrected chi connectivity index (χ2v) is 6.76. The fourth-order valence-electron chi connectivity index (χ4n) is 3.33. The van der Waals surface area contributed by atoms with Gasteiger partial charge in [0, 0.05) is 25.6 Å². The fourth-order valence-corrected chi connectivity index (χ4v) is 3.33. The zero-order valence-corrected chi connectivity index (χ0v) is 13.9. The van der Waals surface area contributed by atoms with Crippen molar-refractivity contribution in [1.29, 1.82) is 0 Å². The first kappa shape index (κ1) is 16.4. The van der Waals surface area contributed by atoms with Crippen LogP contribution >= 0.6 is 0 Å². The Balaban J connectivity index is 2.10. The summed E-state index contributed by atoms with van der Waals surface area (Å²) in [6, 6.07) is 0.576. The van der Waals surface area contributed by atoms with E-state index in [2.05, 4.69) is 33.5 Å². The number of aromatic nitrogens is 3. The third-order valence-corrected chi connectivity index (χ3v) is 4.45. The van der Waals surface area contributed by atoms with Crippen LogP contribution in [-0.2, 0) is 13.6 Å². The molecule has 1 aliphatic carbocycles. The van der Waals surface area contributed by atoms with E-state index in [4.69, 9.17) is 0 Å². The van der Waals surface area contributed by atoms with Crippen molar-refractivity contribution in [2.75, 3.05) is 6.54 Å². The van der Waals surface area contributed by atoms with Crippen molar-refractivity contribution in [3.63, 3.8) is 0 Å². The summed E-state index contributed by atoms with van der Waals surface area (Å²) in [7, 11) is 2.05. The Bertz CT molecular complexity index is 435. The van der Waals surface area contributed by atoms with Gasteiger partial charge in [-0.25, -0.2) is 0 Å². The van der Waals surface area contributed by atoms with Crippen LogP contribution in [0.15, 0.2) is 0 Å². The molecule has 1 saturated carbocycles. The number of hydrogen-bond donors (Lipinski definition) is 1. The van der Waals surface area contributed by atoms with Crippen molar-refractivity contribution in [3.05, 3.63) is 11.6 Å². The second kappa shape index (κ2) is 7.36. The molecular weight excluding hydrogens is 264 g/mol. The molecular formula is C16H30N4O. The van der Waals surface area contributed by atoms with Crippen LogP contribution in [0.5, 0.6) is 0 Å². The molecule has 0 spiro atoms. The molecule has 0 aromatic carbocycles. The Morgan fingerprint density at radius 1 is 1.19 bits per heavy atom. The van der Waals surface area contributed by atoms with Gasteiger partial charge in [-0.15, -0.1) is 10.2 Å². The van der Waals surface area contributed by atoms with Gasteiger partial charge in [0.1, 0.15) is 11.6 Å². The van der Waals surface area contributed by atoms with Gasteiger partial charge in [0.05, 0.1) is 12.6 Å². The molecule has 5 heteroatoms. The molecule has 1 aliphatic rings. The molecule has 1 atom stereocenters. The summed E-state index contributed by atoms with van der Waals surface area (Å²) in [6.07, 6.45) is 6.13. The summed E-state index contributed by atoms with van der Waals surface area (Å²) in [5.74, 6) is 2.42. The highest BCUT2D eigenvalue weighted by Crippen LogP contribution is 2.24. The number of rotatable bonds is 6. The van der Waals surface area contributed by atoms with Crippen molar-refractivity contribution in [1.82, 2.24) is 19.7 Å². The molecule has 1 aromatic heterocycles. The molecule has 1 fully saturated rings. The maximum absolute atomic E-state index is 9.81. The Labute approximate surface area is 128 Å². The van der Waals surface area contributed by atoms with E-state index in [1.807, 2.05) is 14.0 Å². The summed E-state index contributed by atoms with van der Waals surface area (Å²) >= 11 is 0. The predicted molar refractivity (Wildman–Crippen MR) is 84.1 cm³/mol. The summed E-state index contributed by atoms with van der Waals surface area (Å²) in [5, 5.41) is 18.5. The van der Waals surface area contributed by atoms with Crippen LogP contribution in [0.2, 0.25) is 0 Å². The summed E-state index contributed by atoms with van der Waals surface area (Å²) in [4.78, 5) is 2.40. The molecule has 1 unspecified atom stereocenters. The third-order valence-electron chi connectivity index (χ3n) is 4.45. The van der Waals surface area contributed by atoms with E-state index in [0.29, 0.717) is 18.5 Å². The van der Waals surface area contributed by atoms with Crippen LogP contribution in [0.1, 0.15) is 70.4 Å². The Hall–Kier alpha value is -0.940. The van der Waals surface area contributed by atoms with Gasteiger partial charge in [-0.2, -0.15) is 0 Å². The first-order chi connectivity index (χ1) is 9.99. The van der Waals surface area contributed by atoms with Gasteiger partial charge < -0.3 is 9.67 Å². The number of hydrogen-bond acceptors (Lipinski definition) is 4. The van der Waals surface area contributed by atoms with E-state index in [1.165, 1.54) is 32.1 Å². The number of aliphatic hydroxyl groups excluding tert-OH is 1. The van der Waals surface area contributed by atoms with E-state index in [1.54, 1.807) is 0 Å². The molecule has 0 saturated heterocycles. The lowest BCUT2D eigenvalue weighted by Crippen LogP contribution is -2.41. The SMILES string of the molecule is CC(O)CN(Cc1nnc(C(C)C)n1C)C1CCCCC1. The van der Waals surface area contributed by atoms with E-state index in [0.717, 1.165) is 18.2 Å². The van der Waals surface area contributed by atoms with E-state index in [-0.39, 0.29) is 6.10 Å². The van der Waals surface area contributed by atoms with Crippen LogP contribution < -0.4 is 0 Å². The third kappa shape index (κ3) is 4.27. The quantitative estimate of drug-likeness (QED) is 0.875. The summed E-state index contributed by atoms with van der Waals surface area (Å²) < 4.78 is 2.11. The molecule has 1 heterocycles. The number of aliphatic hydroxyl groups is 1. The second-order valence-electron chi connectivity index (χ2n) is 6.76. The molecule has 120 valence electrons. The highest BCUT2D eigenvalue weighted by Gasteiger charge is 2.24. The largest absolute Gasteiger partial charge is 0.392 e. The van der Waals surface area contributed by atoms with E-state index >= 15 is 0 Å². The van der Waals surface area contributed by atoms with Crippen molar-refractivity contribution >= 4 is 0 Å². The minimum Gasteiger partial charge on any atom is -0.392 e. The predicted octanol–water partition coefficient (Wildman–Crippen LogP) is 2.45. The van der Waals surface area contributed by atoms with Crippen LogP contribution in [-0.4, -0.2) is 43.5 Å². The molecule has 1 aromatic rings. The average molecular weight is 294 g/mol. The fraction of sp³-hybridized carbons (Fsp3) is 0.875. The minimum atomic E-state index is -0.301. The van der Waals surface area contributed by atoms with Gasteiger partial charge in [-0.1, -0.05) is 33.1 Å². The lowest BCUT2D eigenvalue weighted by atomic mass is 9.94. The molecule has 0 bridgehead atoms. The first-order valence-corrected chi connectivity index (χ1v) is 8.29. The summed E-state index contributed by atoms with van der Waals surface area (Å²) in [5.41, 5.74) is 0. The van der Waals surface area contributed by atoms with Crippen LogP contribution in [0.4, 0.5) is 0 Å². The van der Waals surface area contributed by atoms with Gasteiger partial charge in [0.25, 0.3) is 0 Å². The first-order valence-electron chi connectivity index (χ1n) is 8.29. The maximum Gasteiger partial charge on any atom is 0.146 e. The monoisotopic (exact) mass is 294 g/mol. The minimum absolute atomic E-state index is 0.301. The topological polar surface area (TPSA) is 54.2 Å². The summed E-state index contributed by atoms with van der Waals surface area (Å²) in [6.45, 7) is 7.65.